The molecule has 0 radical (unpaired) electrons. The minimum Gasteiger partial charge on any atom is -0.489 e. The second-order valence-corrected chi connectivity index (χ2v) is 4.83. The number of para-hydroxylation sites is 1. The smallest absolute Gasteiger partial charge is 0.185 e. The van der Waals surface area contributed by atoms with E-state index >= 15 is 0 Å². The van der Waals surface area contributed by atoms with Gasteiger partial charge in [0.2, 0.25) is 0 Å². The third kappa shape index (κ3) is 1.84. The third-order valence-electron chi connectivity index (χ3n) is 3.66. The molecule has 19 heavy (non-hydrogen) atoms. The van der Waals surface area contributed by atoms with Crippen molar-refractivity contribution in [1.29, 1.82) is 0 Å². The molecule has 0 aliphatic carbocycles. The number of hydrogen-bond acceptors (Lipinski definition) is 3. The lowest BCUT2D eigenvalue weighted by Gasteiger charge is -2.15. The summed E-state index contributed by atoms with van der Waals surface area (Å²) in [5, 5.41) is 0. The molecule has 2 aromatic rings. The zero-order valence-corrected chi connectivity index (χ0v) is 11.0. The van der Waals surface area contributed by atoms with Crippen LogP contribution in [0.25, 0.3) is 0 Å². The predicted molar refractivity (Wildman–Crippen MR) is 71.6 cm³/mol. The number of imidazole rings is 1. The highest BCUT2D eigenvalue weighted by Crippen LogP contribution is 2.42. The summed E-state index contributed by atoms with van der Waals surface area (Å²) in [6.07, 6.45) is 3.70. The van der Waals surface area contributed by atoms with E-state index in [9.17, 15) is 4.79 Å². The Hall–Kier alpha value is -2.10. The zero-order valence-electron chi connectivity index (χ0n) is 11.0. The van der Waals surface area contributed by atoms with Gasteiger partial charge in [-0.2, -0.15) is 0 Å². The van der Waals surface area contributed by atoms with Gasteiger partial charge in [-0.1, -0.05) is 25.1 Å². The molecule has 0 spiro atoms. The fourth-order valence-corrected chi connectivity index (χ4v) is 2.71. The molecule has 0 bridgehead atoms. The Morgan fingerprint density at radius 3 is 2.89 bits per heavy atom. The molecule has 0 amide bonds. The van der Waals surface area contributed by atoms with Gasteiger partial charge >= 0.3 is 0 Å². The fraction of sp³-hybridized carbons (Fsp3) is 0.333. The van der Waals surface area contributed by atoms with E-state index in [0.717, 1.165) is 29.7 Å². The van der Waals surface area contributed by atoms with Crippen molar-refractivity contribution < 1.29 is 9.53 Å². The van der Waals surface area contributed by atoms with Crippen LogP contribution >= 0.6 is 0 Å². The summed E-state index contributed by atoms with van der Waals surface area (Å²) < 4.78 is 7.73. The van der Waals surface area contributed by atoms with Crippen molar-refractivity contribution in [2.45, 2.75) is 25.4 Å². The molecule has 2 atom stereocenters. The highest BCUT2D eigenvalue weighted by Gasteiger charge is 2.35. The maximum Gasteiger partial charge on any atom is 0.185 e. The number of aldehydes is 1. The van der Waals surface area contributed by atoms with Crippen molar-refractivity contribution in [3.63, 3.8) is 0 Å². The van der Waals surface area contributed by atoms with Gasteiger partial charge in [0, 0.05) is 18.8 Å². The monoisotopic (exact) mass is 256 g/mol. The van der Waals surface area contributed by atoms with Crippen molar-refractivity contribution in [2.75, 3.05) is 0 Å². The lowest BCUT2D eigenvalue weighted by Crippen LogP contribution is -2.18. The van der Waals surface area contributed by atoms with Gasteiger partial charge < -0.3 is 9.30 Å². The van der Waals surface area contributed by atoms with Gasteiger partial charge in [0.05, 0.1) is 11.6 Å². The summed E-state index contributed by atoms with van der Waals surface area (Å²) in [5.74, 6) is 1.49. The molecule has 0 saturated heterocycles. The number of fused-ring (bicyclic) bond motifs is 1. The summed E-state index contributed by atoms with van der Waals surface area (Å²) in [6, 6.07) is 8.05. The normalized spacial score (nSPS) is 20.9. The standard InChI is InChI=1S/C15H16N2O2/c1-3-12-15(10-6-4-5-7-13(10)19-12)11-8-17(2)14(9-18)16-11/h4-9,12,15H,3H2,1-2H3. The summed E-state index contributed by atoms with van der Waals surface area (Å²) in [6.45, 7) is 2.10. The largest absolute Gasteiger partial charge is 0.489 e. The highest BCUT2D eigenvalue weighted by molar-refractivity contribution is 5.69. The Morgan fingerprint density at radius 1 is 1.42 bits per heavy atom. The van der Waals surface area contributed by atoms with Crippen LogP contribution in [0.3, 0.4) is 0 Å². The second-order valence-electron chi connectivity index (χ2n) is 4.83. The number of benzene rings is 1. The van der Waals surface area contributed by atoms with Gasteiger partial charge in [0.15, 0.2) is 12.1 Å². The van der Waals surface area contributed by atoms with Gasteiger partial charge in [0.25, 0.3) is 0 Å². The Morgan fingerprint density at radius 2 is 2.21 bits per heavy atom. The highest BCUT2D eigenvalue weighted by atomic mass is 16.5. The Balaban J connectivity index is 2.08. The fourth-order valence-electron chi connectivity index (χ4n) is 2.71. The van der Waals surface area contributed by atoms with E-state index < -0.39 is 0 Å². The number of aryl methyl sites for hydroxylation is 1. The number of carbonyl (C=O) groups excluding carboxylic acids is 1. The topological polar surface area (TPSA) is 44.1 Å². The van der Waals surface area contributed by atoms with E-state index in [0.29, 0.717) is 5.82 Å². The van der Waals surface area contributed by atoms with Crippen molar-refractivity contribution in [2.24, 2.45) is 7.05 Å². The first-order valence-corrected chi connectivity index (χ1v) is 6.48. The number of nitrogens with zero attached hydrogens (tertiary/aromatic N) is 2. The van der Waals surface area contributed by atoms with Crippen LogP contribution in [0.2, 0.25) is 0 Å². The average molecular weight is 256 g/mol. The number of hydrogen-bond donors (Lipinski definition) is 0. The van der Waals surface area contributed by atoms with Gasteiger partial charge in [-0.3, -0.25) is 4.79 Å². The maximum atomic E-state index is 10.9. The van der Waals surface area contributed by atoms with Gasteiger partial charge in [0.1, 0.15) is 11.9 Å². The first kappa shape index (κ1) is 12.0. The van der Waals surface area contributed by atoms with Gasteiger partial charge in [-0.05, 0) is 12.5 Å². The van der Waals surface area contributed by atoms with Crippen LogP contribution in [0.5, 0.6) is 5.75 Å². The van der Waals surface area contributed by atoms with Crippen LogP contribution in [-0.4, -0.2) is 21.9 Å². The summed E-state index contributed by atoms with van der Waals surface area (Å²) in [7, 11) is 1.84. The van der Waals surface area contributed by atoms with Crippen LogP contribution in [0.15, 0.2) is 30.5 Å². The summed E-state index contributed by atoms with van der Waals surface area (Å²) >= 11 is 0. The molecule has 0 N–H and O–H groups in total. The van der Waals surface area contributed by atoms with Crippen molar-refractivity contribution in [3.05, 3.63) is 47.5 Å². The van der Waals surface area contributed by atoms with Crippen LogP contribution in [0.4, 0.5) is 0 Å². The molecule has 1 aliphatic heterocycles. The van der Waals surface area contributed by atoms with E-state index in [1.165, 1.54) is 0 Å². The molecule has 4 nitrogen and oxygen atoms in total. The SMILES string of the molecule is CCC1Oc2ccccc2C1c1cn(C)c(C=O)n1. The van der Waals surface area contributed by atoms with E-state index in [1.807, 2.05) is 31.4 Å². The average Bonchev–Trinajstić information content (AvgIpc) is 2.98. The molecule has 1 aromatic heterocycles. The van der Waals surface area contributed by atoms with E-state index in [2.05, 4.69) is 18.0 Å². The number of carbonyl (C=O) groups is 1. The predicted octanol–water partition coefficient (Wildman–Crippen LogP) is 2.54. The van der Waals surface area contributed by atoms with Crippen LogP contribution < -0.4 is 4.74 Å². The molecule has 2 unspecified atom stereocenters. The molecule has 4 heteroatoms. The Kier molecular flexibility index (Phi) is 2.85. The first-order valence-electron chi connectivity index (χ1n) is 6.48. The van der Waals surface area contributed by atoms with E-state index in [1.54, 1.807) is 4.57 Å². The lowest BCUT2D eigenvalue weighted by atomic mass is 9.91. The minimum atomic E-state index is 0.0896. The van der Waals surface area contributed by atoms with Gasteiger partial charge in [-0.25, -0.2) is 4.98 Å². The van der Waals surface area contributed by atoms with E-state index in [4.69, 9.17) is 4.74 Å². The molecule has 3 rings (SSSR count). The summed E-state index contributed by atoms with van der Waals surface area (Å²) in [5.41, 5.74) is 2.06. The molecule has 0 fully saturated rings. The van der Waals surface area contributed by atoms with Crippen LogP contribution in [-0.2, 0) is 7.05 Å². The Labute approximate surface area is 112 Å². The third-order valence-corrected chi connectivity index (χ3v) is 3.66. The minimum absolute atomic E-state index is 0.0896. The first-order chi connectivity index (χ1) is 9.24. The lowest BCUT2D eigenvalue weighted by molar-refractivity contribution is 0.111. The van der Waals surface area contributed by atoms with Crippen LogP contribution in [0, 0.1) is 0 Å². The molecular weight excluding hydrogens is 240 g/mol. The number of rotatable bonds is 3. The van der Waals surface area contributed by atoms with Crippen molar-refractivity contribution in [3.8, 4) is 5.75 Å². The zero-order chi connectivity index (χ0) is 13.4. The maximum absolute atomic E-state index is 10.9. The van der Waals surface area contributed by atoms with Crippen molar-refractivity contribution in [1.82, 2.24) is 9.55 Å². The van der Waals surface area contributed by atoms with Crippen LogP contribution in [0.1, 0.15) is 41.1 Å². The van der Waals surface area contributed by atoms with Crippen molar-refractivity contribution >= 4 is 6.29 Å². The summed E-state index contributed by atoms with van der Waals surface area (Å²) in [4.78, 5) is 15.4. The molecule has 0 saturated carbocycles. The Bertz CT molecular complexity index is 618. The number of aromatic nitrogens is 2. The molecule has 2 heterocycles. The van der Waals surface area contributed by atoms with E-state index in [-0.39, 0.29) is 12.0 Å². The second kappa shape index (κ2) is 4.53. The molecule has 1 aromatic carbocycles. The molecule has 1 aliphatic rings. The molecular formula is C15H16N2O2. The van der Waals surface area contributed by atoms with Gasteiger partial charge in [-0.15, -0.1) is 0 Å². The number of ether oxygens (including phenoxy) is 1. The quantitative estimate of drug-likeness (QED) is 0.793. The molecule has 98 valence electrons.